The number of fused-ring (bicyclic) bond motifs is 2. The second-order valence-corrected chi connectivity index (χ2v) is 13.7. The Balaban J connectivity index is 1.44. The zero-order valence-corrected chi connectivity index (χ0v) is 24.8. The number of esters is 1. The first kappa shape index (κ1) is 28.2. The van der Waals surface area contributed by atoms with Crippen LogP contribution in [0.3, 0.4) is 0 Å². The van der Waals surface area contributed by atoms with Crippen LogP contribution in [0.5, 0.6) is 0 Å². The molecule has 1 saturated heterocycles. The number of likely N-dealkylation sites (tertiary alicyclic amines) is 1. The zero-order valence-electron chi connectivity index (χ0n) is 24.8. The lowest BCUT2D eigenvalue weighted by Gasteiger charge is -2.69. The maximum Gasteiger partial charge on any atom is 0.338 e. The third kappa shape index (κ3) is 3.24. The van der Waals surface area contributed by atoms with E-state index in [9.17, 15) is 15.0 Å². The topological polar surface area (TPSA) is 107 Å². The van der Waals surface area contributed by atoms with Crippen LogP contribution in [0.2, 0.25) is 0 Å². The first-order valence-electron chi connectivity index (χ1n) is 15.2. The summed E-state index contributed by atoms with van der Waals surface area (Å²) < 4.78 is 31.1. The second kappa shape index (κ2) is 9.45. The van der Waals surface area contributed by atoms with Crippen LogP contribution in [0.25, 0.3) is 0 Å². The first-order chi connectivity index (χ1) is 19.7. The van der Waals surface area contributed by atoms with Gasteiger partial charge in [0.15, 0.2) is 0 Å². The third-order valence-corrected chi connectivity index (χ3v) is 12.7. The summed E-state index contributed by atoms with van der Waals surface area (Å²) in [6.07, 6.45) is 0.478. The Hall–Kier alpha value is -1.59. The van der Waals surface area contributed by atoms with Gasteiger partial charge in [-0.25, -0.2) is 4.79 Å². The molecule has 7 bridgehead atoms. The lowest BCUT2D eigenvalue weighted by molar-refractivity contribution is -0.283. The number of aliphatic hydroxyl groups is 2. The largest absolute Gasteiger partial charge is 0.455 e. The summed E-state index contributed by atoms with van der Waals surface area (Å²) >= 11 is 0. The maximum absolute atomic E-state index is 13.5. The number of benzene rings is 1. The van der Waals surface area contributed by atoms with Gasteiger partial charge in [0, 0.05) is 76.0 Å². The van der Waals surface area contributed by atoms with Gasteiger partial charge in [0.1, 0.15) is 11.7 Å². The maximum atomic E-state index is 13.5. The Morgan fingerprint density at radius 3 is 2.34 bits per heavy atom. The highest BCUT2D eigenvalue weighted by Gasteiger charge is 2.88. The Labute approximate surface area is 242 Å². The molecule has 2 N–H and O–H groups in total. The number of hydrogen-bond donors (Lipinski definition) is 2. The minimum atomic E-state index is -1.44. The van der Waals surface area contributed by atoms with Crippen LogP contribution in [0, 0.1) is 34.5 Å². The lowest BCUT2D eigenvalue weighted by Crippen LogP contribution is -2.77. The minimum Gasteiger partial charge on any atom is -0.455 e. The van der Waals surface area contributed by atoms with Crippen molar-refractivity contribution in [3.63, 3.8) is 0 Å². The van der Waals surface area contributed by atoms with Gasteiger partial charge in [-0.3, -0.25) is 4.90 Å². The molecule has 9 nitrogen and oxygen atoms in total. The monoisotopic (exact) mass is 571 g/mol. The first-order valence-corrected chi connectivity index (χ1v) is 15.2. The Kier molecular flexibility index (Phi) is 6.50. The number of hydrogen-bond acceptors (Lipinski definition) is 9. The van der Waals surface area contributed by atoms with Crippen LogP contribution in [0.15, 0.2) is 30.3 Å². The molecule has 1 aromatic carbocycles. The van der Waals surface area contributed by atoms with Gasteiger partial charge in [-0.2, -0.15) is 0 Å². The highest BCUT2D eigenvalue weighted by Crippen LogP contribution is 2.80. The third-order valence-electron chi connectivity index (χ3n) is 12.7. The van der Waals surface area contributed by atoms with Crippen molar-refractivity contribution in [1.29, 1.82) is 0 Å². The molecule has 1 spiro atoms. The number of carbonyl (C=O) groups excluding carboxylic acids is 1. The minimum absolute atomic E-state index is 0.00707. The van der Waals surface area contributed by atoms with Crippen molar-refractivity contribution in [2.75, 3.05) is 48.1 Å². The molecule has 13 atom stereocenters. The van der Waals surface area contributed by atoms with Gasteiger partial charge in [0.05, 0.1) is 36.1 Å². The highest BCUT2D eigenvalue weighted by molar-refractivity contribution is 5.89. The van der Waals surface area contributed by atoms with Gasteiger partial charge in [0.2, 0.25) is 0 Å². The molecule has 0 unspecified atom stereocenters. The van der Waals surface area contributed by atoms with E-state index in [0.717, 1.165) is 25.9 Å². The van der Waals surface area contributed by atoms with E-state index < -0.39 is 40.7 Å². The molecule has 0 radical (unpaired) electrons. The lowest BCUT2D eigenvalue weighted by atomic mass is 9.43. The van der Waals surface area contributed by atoms with Gasteiger partial charge in [0.25, 0.3) is 0 Å². The summed E-state index contributed by atoms with van der Waals surface area (Å²) in [5.41, 5.74) is -2.90. The summed E-state index contributed by atoms with van der Waals surface area (Å²) in [5, 5.41) is 25.7. The van der Waals surface area contributed by atoms with Gasteiger partial charge in [-0.1, -0.05) is 25.1 Å². The fraction of sp³-hybridized carbons (Fsp3) is 0.781. The molecule has 0 amide bonds. The fourth-order valence-electron chi connectivity index (χ4n) is 11.9. The SMILES string of the molecule is CCN1C[C@]2(COC)CC[C@H](OC)[C@@]34[C@@H]5C[C@@]6(O)[C@@H](OC)C[C@@](O)([C@H]5[C@H]6OC(=O)c5ccccc5)[C@@H]([C@H](OC)[C@H]23)[C@@H]14. The molecule has 5 saturated carbocycles. The molecule has 41 heavy (non-hydrogen) atoms. The summed E-state index contributed by atoms with van der Waals surface area (Å²) in [4.78, 5) is 16.1. The van der Waals surface area contributed by atoms with Gasteiger partial charge < -0.3 is 33.9 Å². The number of nitrogens with zero attached hydrogens (tertiary/aromatic N) is 1. The average molecular weight is 572 g/mol. The number of piperidine rings is 1. The van der Waals surface area contributed by atoms with E-state index in [1.54, 1.807) is 52.7 Å². The molecule has 0 aromatic heterocycles. The van der Waals surface area contributed by atoms with E-state index in [4.69, 9.17) is 23.7 Å². The van der Waals surface area contributed by atoms with Crippen molar-refractivity contribution in [3.05, 3.63) is 35.9 Å². The normalized spacial score (nSPS) is 51.0. The fourth-order valence-corrected chi connectivity index (χ4v) is 11.9. The number of methoxy groups -OCH3 is 4. The number of carbonyl (C=O) groups is 1. The van der Waals surface area contributed by atoms with Crippen molar-refractivity contribution >= 4 is 5.97 Å². The van der Waals surface area contributed by atoms with Gasteiger partial charge >= 0.3 is 5.97 Å². The van der Waals surface area contributed by atoms with Crippen molar-refractivity contribution in [1.82, 2.24) is 4.90 Å². The van der Waals surface area contributed by atoms with Crippen molar-refractivity contribution < 1.29 is 38.7 Å². The molecule has 7 rings (SSSR count). The second-order valence-electron chi connectivity index (χ2n) is 13.7. The van der Waals surface area contributed by atoms with Gasteiger partial charge in [-0.05, 0) is 43.9 Å². The molecular weight excluding hydrogens is 526 g/mol. The van der Waals surface area contributed by atoms with Crippen molar-refractivity contribution in [2.45, 2.75) is 74.3 Å². The van der Waals surface area contributed by atoms with Crippen LogP contribution >= 0.6 is 0 Å². The van der Waals surface area contributed by atoms with E-state index >= 15 is 0 Å². The molecule has 226 valence electrons. The van der Waals surface area contributed by atoms with Crippen molar-refractivity contribution in [3.8, 4) is 0 Å². The van der Waals surface area contributed by atoms with E-state index in [1.165, 1.54) is 0 Å². The molecule has 1 aromatic rings. The number of rotatable bonds is 8. The molecule has 6 fully saturated rings. The standard InChI is InChI=1S/C32H45NO8/c1-6-33-16-29(17-37-2)13-12-20(38-3)32-19-14-30(35)21(39-4)15-31(36,23(26(32)33)24(40-5)25(29)32)22(19)27(30)41-28(34)18-10-8-7-9-11-18/h7-11,19-27,35-36H,6,12-17H2,1-5H3/t19-,20+,21+,22-,23+,24+,25-,26-,27-,29+,30-,31-,32+/m1/s1. The Bertz CT molecular complexity index is 1180. The number of ether oxygens (including phenoxy) is 5. The van der Waals surface area contributed by atoms with Crippen LogP contribution in [0.4, 0.5) is 0 Å². The van der Waals surface area contributed by atoms with Crippen LogP contribution in [-0.2, 0) is 23.7 Å². The predicted octanol–water partition coefficient (Wildman–Crippen LogP) is 2.14. The molecule has 1 aliphatic heterocycles. The Morgan fingerprint density at radius 1 is 0.976 bits per heavy atom. The van der Waals surface area contributed by atoms with E-state index in [-0.39, 0.29) is 47.8 Å². The highest BCUT2D eigenvalue weighted by atomic mass is 16.6. The van der Waals surface area contributed by atoms with E-state index in [0.29, 0.717) is 18.6 Å². The smallest absolute Gasteiger partial charge is 0.338 e. The summed E-state index contributed by atoms with van der Waals surface area (Å²) in [6, 6.07) is 8.87. The summed E-state index contributed by atoms with van der Waals surface area (Å²) in [7, 11) is 6.91. The molecule has 6 aliphatic rings. The van der Waals surface area contributed by atoms with Gasteiger partial charge in [-0.15, -0.1) is 0 Å². The van der Waals surface area contributed by atoms with Crippen molar-refractivity contribution in [2.24, 2.45) is 34.5 Å². The quantitative estimate of drug-likeness (QED) is 0.454. The van der Waals surface area contributed by atoms with Crippen LogP contribution in [0.1, 0.15) is 43.0 Å². The molecular formula is C32H45NO8. The van der Waals surface area contributed by atoms with Crippen LogP contribution in [-0.4, -0.2) is 111 Å². The summed E-state index contributed by atoms with van der Waals surface area (Å²) in [5.74, 6) is -1.36. The molecule has 1 heterocycles. The van der Waals surface area contributed by atoms with E-state index in [2.05, 4.69) is 11.8 Å². The summed E-state index contributed by atoms with van der Waals surface area (Å²) in [6.45, 7) is 4.48. The zero-order chi connectivity index (χ0) is 28.9. The Morgan fingerprint density at radius 2 is 1.71 bits per heavy atom. The molecule has 9 heteroatoms. The predicted molar refractivity (Wildman–Crippen MR) is 148 cm³/mol. The van der Waals surface area contributed by atoms with E-state index in [1.807, 2.05) is 6.07 Å². The van der Waals surface area contributed by atoms with Crippen LogP contribution < -0.4 is 0 Å². The molecule has 5 aliphatic carbocycles. The average Bonchev–Trinajstić information content (AvgIpc) is 3.36.